The van der Waals surface area contributed by atoms with E-state index in [1.54, 1.807) is 0 Å². The van der Waals surface area contributed by atoms with Crippen LogP contribution < -0.4 is 0 Å². The van der Waals surface area contributed by atoms with E-state index in [4.69, 9.17) is 9.47 Å². The van der Waals surface area contributed by atoms with Gasteiger partial charge in [-0.3, -0.25) is 0 Å². The van der Waals surface area contributed by atoms with Crippen LogP contribution in [0.3, 0.4) is 0 Å². The van der Waals surface area contributed by atoms with Gasteiger partial charge in [-0.05, 0) is 17.5 Å². The molecule has 0 aliphatic heterocycles. The van der Waals surface area contributed by atoms with Crippen molar-refractivity contribution in [3.63, 3.8) is 0 Å². The Bertz CT molecular complexity index is 624. The van der Waals surface area contributed by atoms with Crippen LogP contribution >= 0.6 is 0 Å². The highest BCUT2D eigenvalue weighted by molar-refractivity contribution is 5.14. The van der Waals surface area contributed by atoms with Gasteiger partial charge >= 0.3 is 0 Å². The lowest BCUT2D eigenvalue weighted by Crippen LogP contribution is -2.31. The number of aliphatic hydroxyl groups excluding tert-OH is 1. The summed E-state index contributed by atoms with van der Waals surface area (Å²) in [6, 6.07) is 20.2. The van der Waals surface area contributed by atoms with Gasteiger partial charge in [0.1, 0.15) is 0 Å². The highest BCUT2D eigenvalue weighted by atomic mass is 16.5. The molecule has 0 aromatic heterocycles. The van der Waals surface area contributed by atoms with Crippen LogP contribution in [0.2, 0.25) is 0 Å². The Balaban J connectivity index is 1.54. The normalized spacial score (nSPS) is 23.8. The summed E-state index contributed by atoms with van der Waals surface area (Å²) in [5.41, 5.74) is 2.26. The summed E-state index contributed by atoms with van der Waals surface area (Å²) in [6.07, 6.45) is 4.55. The lowest BCUT2D eigenvalue weighted by Gasteiger charge is -2.24. The average Bonchev–Trinajstić information content (AvgIpc) is 2.81. The van der Waals surface area contributed by atoms with Crippen LogP contribution in [0.4, 0.5) is 0 Å². The zero-order valence-corrected chi connectivity index (χ0v) is 13.8. The summed E-state index contributed by atoms with van der Waals surface area (Å²) < 4.78 is 12.0. The monoisotopic (exact) mass is 324 g/mol. The standard InChI is InChI=1S/C21H24O3/c22-20-13-7-12-19(23-15-17-8-3-1-4-9-17)14-21(20)24-16-18-10-5-2-6-11-18/h1-12,19-22H,13-16H2/t19-,20-,21+/m1/s1. The van der Waals surface area contributed by atoms with E-state index in [1.807, 2.05) is 60.7 Å². The van der Waals surface area contributed by atoms with E-state index in [-0.39, 0.29) is 12.2 Å². The Labute approximate surface area is 143 Å². The number of hydrogen-bond donors (Lipinski definition) is 1. The van der Waals surface area contributed by atoms with Crippen molar-refractivity contribution in [2.75, 3.05) is 0 Å². The van der Waals surface area contributed by atoms with Gasteiger partial charge in [0.25, 0.3) is 0 Å². The van der Waals surface area contributed by atoms with Gasteiger partial charge < -0.3 is 14.6 Å². The van der Waals surface area contributed by atoms with Gasteiger partial charge in [0.05, 0.1) is 31.5 Å². The average molecular weight is 324 g/mol. The van der Waals surface area contributed by atoms with Gasteiger partial charge in [-0.1, -0.05) is 72.8 Å². The molecule has 0 bridgehead atoms. The van der Waals surface area contributed by atoms with Crippen molar-refractivity contribution in [2.24, 2.45) is 0 Å². The molecule has 2 aromatic carbocycles. The first kappa shape index (κ1) is 16.9. The van der Waals surface area contributed by atoms with Gasteiger partial charge in [-0.2, -0.15) is 0 Å². The Morgan fingerprint density at radius 3 is 2.04 bits per heavy atom. The predicted octanol–water partition coefficient (Wildman–Crippen LogP) is 3.87. The first-order valence-electron chi connectivity index (χ1n) is 8.47. The first-order valence-corrected chi connectivity index (χ1v) is 8.47. The third kappa shape index (κ3) is 5.03. The molecule has 0 fully saturated rings. The minimum atomic E-state index is -0.490. The highest BCUT2D eigenvalue weighted by Crippen LogP contribution is 2.21. The van der Waals surface area contributed by atoms with Gasteiger partial charge in [0.2, 0.25) is 0 Å². The van der Waals surface area contributed by atoms with E-state index in [2.05, 4.69) is 12.1 Å². The largest absolute Gasteiger partial charge is 0.390 e. The van der Waals surface area contributed by atoms with Gasteiger partial charge in [0.15, 0.2) is 0 Å². The zero-order chi connectivity index (χ0) is 16.6. The maximum absolute atomic E-state index is 10.3. The highest BCUT2D eigenvalue weighted by Gasteiger charge is 2.25. The Kier molecular flexibility index (Phi) is 6.19. The molecule has 3 heteroatoms. The second kappa shape index (κ2) is 8.78. The second-order valence-corrected chi connectivity index (χ2v) is 6.14. The smallest absolute Gasteiger partial charge is 0.0869 e. The maximum Gasteiger partial charge on any atom is 0.0869 e. The zero-order valence-electron chi connectivity index (χ0n) is 13.8. The van der Waals surface area contributed by atoms with Crippen molar-refractivity contribution in [3.8, 4) is 0 Å². The summed E-state index contributed by atoms with van der Waals surface area (Å²) in [7, 11) is 0. The first-order chi connectivity index (χ1) is 11.8. The molecule has 0 saturated heterocycles. The van der Waals surface area contributed by atoms with Crippen LogP contribution in [0.1, 0.15) is 24.0 Å². The van der Waals surface area contributed by atoms with Crippen molar-refractivity contribution in [1.29, 1.82) is 0 Å². The molecule has 0 spiro atoms. The molecule has 1 N–H and O–H groups in total. The summed E-state index contributed by atoms with van der Waals surface area (Å²) >= 11 is 0. The molecule has 126 valence electrons. The fourth-order valence-electron chi connectivity index (χ4n) is 2.84. The molecule has 3 atom stereocenters. The molecule has 24 heavy (non-hydrogen) atoms. The van der Waals surface area contributed by atoms with Crippen LogP contribution in [0, 0.1) is 0 Å². The molecular weight excluding hydrogens is 300 g/mol. The molecule has 3 nitrogen and oxygen atoms in total. The van der Waals surface area contributed by atoms with E-state index in [0.29, 0.717) is 26.1 Å². The SMILES string of the molecule is O[C@@H]1CC=C[C@@H](OCc2ccccc2)C[C@@H]1OCc1ccccc1. The Morgan fingerprint density at radius 2 is 1.42 bits per heavy atom. The molecule has 0 saturated carbocycles. The number of benzene rings is 2. The van der Waals surface area contributed by atoms with E-state index in [9.17, 15) is 5.11 Å². The van der Waals surface area contributed by atoms with Gasteiger partial charge in [-0.15, -0.1) is 0 Å². The molecule has 2 aromatic rings. The third-order valence-corrected chi connectivity index (χ3v) is 4.24. The predicted molar refractivity (Wildman–Crippen MR) is 94.4 cm³/mol. The third-order valence-electron chi connectivity index (χ3n) is 4.24. The quantitative estimate of drug-likeness (QED) is 0.820. The Hall–Kier alpha value is -1.94. The van der Waals surface area contributed by atoms with E-state index in [0.717, 1.165) is 11.1 Å². The number of ether oxygens (including phenoxy) is 2. The van der Waals surface area contributed by atoms with Crippen molar-refractivity contribution in [3.05, 3.63) is 83.9 Å². The van der Waals surface area contributed by atoms with Crippen LogP contribution in [0.15, 0.2) is 72.8 Å². The number of rotatable bonds is 6. The fraction of sp³-hybridized carbons (Fsp3) is 0.333. The van der Waals surface area contributed by atoms with Crippen LogP contribution in [0.5, 0.6) is 0 Å². The van der Waals surface area contributed by atoms with Gasteiger partial charge in [0, 0.05) is 6.42 Å². The van der Waals surface area contributed by atoms with Crippen LogP contribution in [-0.2, 0) is 22.7 Å². The molecule has 1 aliphatic carbocycles. The number of aliphatic hydroxyl groups is 1. The second-order valence-electron chi connectivity index (χ2n) is 6.14. The topological polar surface area (TPSA) is 38.7 Å². The number of hydrogen-bond acceptors (Lipinski definition) is 3. The summed E-state index contributed by atoms with van der Waals surface area (Å²) in [5.74, 6) is 0. The van der Waals surface area contributed by atoms with Gasteiger partial charge in [-0.25, -0.2) is 0 Å². The molecule has 0 unspecified atom stereocenters. The molecule has 0 amide bonds. The van der Waals surface area contributed by atoms with Crippen molar-refractivity contribution >= 4 is 0 Å². The minimum absolute atomic E-state index is 0.0388. The Morgan fingerprint density at radius 1 is 0.833 bits per heavy atom. The van der Waals surface area contributed by atoms with Crippen molar-refractivity contribution < 1.29 is 14.6 Å². The summed E-state index contributed by atoms with van der Waals surface area (Å²) in [6.45, 7) is 1.07. The summed E-state index contributed by atoms with van der Waals surface area (Å²) in [4.78, 5) is 0. The molecule has 1 aliphatic rings. The molecule has 0 radical (unpaired) electrons. The van der Waals surface area contributed by atoms with Crippen LogP contribution in [-0.4, -0.2) is 23.4 Å². The minimum Gasteiger partial charge on any atom is -0.390 e. The molecule has 0 heterocycles. The van der Waals surface area contributed by atoms with E-state index >= 15 is 0 Å². The lowest BCUT2D eigenvalue weighted by molar-refractivity contribution is -0.0681. The molecule has 3 rings (SSSR count). The lowest BCUT2D eigenvalue weighted by atomic mass is 10.1. The molecular formula is C21H24O3. The summed E-state index contributed by atoms with van der Waals surface area (Å²) in [5, 5.41) is 10.3. The van der Waals surface area contributed by atoms with Crippen LogP contribution in [0.25, 0.3) is 0 Å². The maximum atomic E-state index is 10.3. The van der Waals surface area contributed by atoms with Crippen molar-refractivity contribution in [2.45, 2.75) is 44.4 Å². The van der Waals surface area contributed by atoms with E-state index < -0.39 is 6.10 Å². The fourth-order valence-corrected chi connectivity index (χ4v) is 2.84. The van der Waals surface area contributed by atoms with Crippen molar-refractivity contribution in [1.82, 2.24) is 0 Å². The van der Waals surface area contributed by atoms with E-state index in [1.165, 1.54) is 0 Å².